The average Bonchev–Trinajstić information content (AvgIpc) is 2.45. The summed E-state index contributed by atoms with van der Waals surface area (Å²) in [5.41, 5.74) is 0.696. The van der Waals surface area contributed by atoms with Crippen LogP contribution in [0.3, 0.4) is 0 Å². The summed E-state index contributed by atoms with van der Waals surface area (Å²) in [6.45, 7) is 10.5. The molecule has 0 unspecified atom stereocenters. The molecular formula is C17H27NO2Si. The summed E-state index contributed by atoms with van der Waals surface area (Å²) < 4.78 is 5.86. The van der Waals surface area contributed by atoms with Crippen molar-refractivity contribution in [2.75, 3.05) is 25.9 Å². The molecule has 1 saturated heterocycles. The van der Waals surface area contributed by atoms with Crippen molar-refractivity contribution in [2.24, 2.45) is 5.92 Å². The number of carbonyl (C=O) groups excluding carboxylic acids is 1. The Morgan fingerprint density at radius 2 is 1.81 bits per heavy atom. The first kappa shape index (κ1) is 16.2. The maximum absolute atomic E-state index is 10.6. The molecule has 1 aliphatic rings. The van der Waals surface area contributed by atoms with E-state index in [4.69, 9.17) is 4.74 Å². The highest BCUT2D eigenvalue weighted by Crippen LogP contribution is 2.20. The summed E-state index contributed by atoms with van der Waals surface area (Å²) >= 11 is 0. The van der Waals surface area contributed by atoms with Gasteiger partial charge in [0.2, 0.25) is 0 Å². The van der Waals surface area contributed by atoms with E-state index in [0.717, 1.165) is 18.6 Å². The van der Waals surface area contributed by atoms with E-state index in [1.165, 1.54) is 32.1 Å². The molecule has 0 amide bonds. The van der Waals surface area contributed by atoms with E-state index in [1.54, 1.807) is 12.1 Å². The number of nitrogens with zero attached hydrogens (tertiary/aromatic N) is 1. The van der Waals surface area contributed by atoms with Gasteiger partial charge in [-0.2, -0.15) is 0 Å². The van der Waals surface area contributed by atoms with E-state index in [0.29, 0.717) is 11.5 Å². The van der Waals surface area contributed by atoms with Crippen molar-refractivity contribution in [3.63, 3.8) is 0 Å². The SMILES string of the molecule is C[Si](C)(C)CN1CCC(COc2ccc(C=O)cc2)CC1. The predicted molar refractivity (Wildman–Crippen MR) is 89.8 cm³/mol. The third kappa shape index (κ3) is 5.63. The van der Waals surface area contributed by atoms with Crippen LogP contribution in [-0.2, 0) is 0 Å². The van der Waals surface area contributed by atoms with Crippen molar-refractivity contribution < 1.29 is 9.53 Å². The number of likely N-dealkylation sites (tertiary alicyclic amines) is 1. The largest absolute Gasteiger partial charge is 0.493 e. The predicted octanol–water partition coefficient (Wildman–Crippen LogP) is 3.47. The zero-order chi connectivity index (χ0) is 15.3. The lowest BCUT2D eigenvalue weighted by Gasteiger charge is -2.35. The van der Waals surface area contributed by atoms with Crippen LogP contribution in [0.4, 0.5) is 0 Å². The highest BCUT2D eigenvalue weighted by atomic mass is 28.3. The summed E-state index contributed by atoms with van der Waals surface area (Å²) in [4.78, 5) is 13.2. The van der Waals surface area contributed by atoms with Gasteiger partial charge in [-0.1, -0.05) is 19.6 Å². The van der Waals surface area contributed by atoms with Crippen LogP contribution in [0.5, 0.6) is 5.75 Å². The number of carbonyl (C=O) groups is 1. The van der Waals surface area contributed by atoms with Gasteiger partial charge in [0.05, 0.1) is 14.7 Å². The number of benzene rings is 1. The summed E-state index contributed by atoms with van der Waals surface area (Å²) in [5.74, 6) is 1.53. The lowest BCUT2D eigenvalue weighted by Crippen LogP contribution is -2.44. The van der Waals surface area contributed by atoms with E-state index in [1.807, 2.05) is 12.1 Å². The maximum Gasteiger partial charge on any atom is 0.150 e. The number of hydrogen-bond acceptors (Lipinski definition) is 3. The van der Waals surface area contributed by atoms with Gasteiger partial charge in [0.25, 0.3) is 0 Å². The van der Waals surface area contributed by atoms with Gasteiger partial charge in [-0.3, -0.25) is 4.79 Å². The second-order valence-corrected chi connectivity index (χ2v) is 12.7. The Balaban J connectivity index is 1.72. The minimum absolute atomic E-state index is 0.661. The molecule has 0 aliphatic carbocycles. The van der Waals surface area contributed by atoms with Crippen molar-refractivity contribution in [1.82, 2.24) is 4.90 Å². The quantitative estimate of drug-likeness (QED) is 0.595. The van der Waals surface area contributed by atoms with Gasteiger partial charge in [-0.05, 0) is 62.3 Å². The van der Waals surface area contributed by atoms with Crippen molar-refractivity contribution in [3.8, 4) is 5.75 Å². The first-order valence-electron chi connectivity index (χ1n) is 7.87. The minimum Gasteiger partial charge on any atom is -0.493 e. The molecule has 0 spiro atoms. The first-order chi connectivity index (χ1) is 9.96. The summed E-state index contributed by atoms with van der Waals surface area (Å²) in [7, 11) is -0.981. The van der Waals surface area contributed by atoms with E-state index >= 15 is 0 Å². The van der Waals surface area contributed by atoms with Gasteiger partial charge in [-0.15, -0.1) is 0 Å². The number of hydrogen-bond donors (Lipinski definition) is 0. The molecule has 4 heteroatoms. The van der Waals surface area contributed by atoms with E-state index in [2.05, 4.69) is 24.5 Å². The molecule has 0 bridgehead atoms. The van der Waals surface area contributed by atoms with Crippen LogP contribution in [0.25, 0.3) is 0 Å². The molecule has 3 nitrogen and oxygen atoms in total. The van der Waals surface area contributed by atoms with Crippen LogP contribution in [0.15, 0.2) is 24.3 Å². The third-order valence-electron chi connectivity index (χ3n) is 3.91. The summed E-state index contributed by atoms with van der Waals surface area (Å²) in [5, 5.41) is 0. The summed E-state index contributed by atoms with van der Waals surface area (Å²) in [6, 6.07) is 7.37. The van der Waals surface area contributed by atoms with Crippen LogP contribution in [-0.4, -0.2) is 45.1 Å². The number of piperidine rings is 1. The number of ether oxygens (including phenoxy) is 1. The minimum atomic E-state index is -0.981. The van der Waals surface area contributed by atoms with Gasteiger partial charge in [0.15, 0.2) is 0 Å². The number of aldehydes is 1. The highest BCUT2D eigenvalue weighted by Gasteiger charge is 2.24. The molecular weight excluding hydrogens is 278 g/mol. The molecule has 0 atom stereocenters. The fourth-order valence-electron chi connectivity index (χ4n) is 2.84. The first-order valence-corrected chi connectivity index (χ1v) is 11.6. The normalized spacial score (nSPS) is 17.7. The van der Waals surface area contributed by atoms with Crippen LogP contribution in [0.2, 0.25) is 19.6 Å². The Morgan fingerprint density at radius 1 is 1.19 bits per heavy atom. The zero-order valence-corrected chi connectivity index (χ0v) is 14.5. The third-order valence-corrected chi connectivity index (χ3v) is 5.30. The standard InChI is InChI=1S/C17H27NO2Si/c1-21(2,3)14-18-10-8-16(9-11-18)13-20-17-6-4-15(12-19)5-7-17/h4-7,12,16H,8-11,13-14H2,1-3H3. The Kier molecular flexibility index (Phi) is 5.59. The Hall–Kier alpha value is -1.13. The van der Waals surface area contributed by atoms with Crippen molar-refractivity contribution in [2.45, 2.75) is 32.5 Å². The number of rotatable bonds is 6. The van der Waals surface area contributed by atoms with E-state index in [9.17, 15) is 4.79 Å². The van der Waals surface area contributed by atoms with Crippen LogP contribution in [0.1, 0.15) is 23.2 Å². The molecule has 1 heterocycles. The maximum atomic E-state index is 10.6. The fourth-order valence-corrected chi connectivity index (χ4v) is 4.50. The van der Waals surface area contributed by atoms with Gasteiger partial charge >= 0.3 is 0 Å². The molecule has 1 aliphatic heterocycles. The molecule has 116 valence electrons. The Labute approximate surface area is 129 Å². The van der Waals surface area contributed by atoms with E-state index < -0.39 is 8.07 Å². The van der Waals surface area contributed by atoms with Gasteiger partial charge in [-0.25, -0.2) is 0 Å². The average molecular weight is 305 g/mol. The molecule has 0 saturated carbocycles. The molecule has 0 aromatic heterocycles. The van der Waals surface area contributed by atoms with Gasteiger partial charge in [0, 0.05) is 5.56 Å². The Bertz CT molecular complexity index is 445. The van der Waals surface area contributed by atoms with Crippen molar-refractivity contribution >= 4 is 14.4 Å². The molecule has 2 rings (SSSR count). The molecule has 1 aromatic carbocycles. The molecule has 1 fully saturated rings. The van der Waals surface area contributed by atoms with Gasteiger partial charge in [0.1, 0.15) is 12.0 Å². The highest BCUT2D eigenvalue weighted by molar-refractivity contribution is 6.76. The molecule has 0 N–H and O–H groups in total. The Morgan fingerprint density at radius 3 is 2.33 bits per heavy atom. The molecule has 1 aromatic rings. The van der Waals surface area contributed by atoms with Crippen LogP contribution < -0.4 is 4.74 Å². The van der Waals surface area contributed by atoms with Crippen LogP contribution in [0, 0.1) is 5.92 Å². The second kappa shape index (κ2) is 7.23. The van der Waals surface area contributed by atoms with Crippen molar-refractivity contribution in [3.05, 3.63) is 29.8 Å². The molecule has 21 heavy (non-hydrogen) atoms. The van der Waals surface area contributed by atoms with Gasteiger partial charge < -0.3 is 9.64 Å². The fraction of sp³-hybridized carbons (Fsp3) is 0.588. The second-order valence-electron chi connectivity index (χ2n) is 7.28. The lowest BCUT2D eigenvalue weighted by atomic mass is 9.98. The summed E-state index contributed by atoms with van der Waals surface area (Å²) in [6.07, 6.45) is 4.64. The monoisotopic (exact) mass is 305 g/mol. The van der Waals surface area contributed by atoms with Crippen LogP contribution >= 0.6 is 0 Å². The van der Waals surface area contributed by atoms with Crippen molar-refractivity contribution in [1.29, 1.82) is 0 Å². The van der Waals surface area contributed by atoms with E-state index in [-0.39, 0.29) is 0 Å². The smallest absolute Gasteiger partial charge is 0.150 e. The lowest BCUT2D eigenvalue weighted by molar-refractivity contribution is 0.112. The topological polar surface area (TPSA) is 29.5 Å². The molecule has 0 radical (unpaired) electrons. The zero-order valence-electron chi connectivity index (χ0n) is 13.5.